The third kappa shape index (κ3) is 5.95. The van der Waals surface area contributed by atoms with Gasteiger partial charge in [-0.05, 0) is 32.1 Å². The second-order valence-corrected chi connectivity index (χ2v) is 13.5. The molecule has 1 atom stereocenters. The summed E-state index contributed by atoms with van der Waals surface area (Å²) in [6.45, 7) is 8.55. The van der Waals surface area contributed by atoms with Crippen LogP contribution in [0.4, 0.5) is 0 Å². The van der Waals surface area contributed by atoms with Crippen LogP contribution in [-0.2, 0) is 13.5 Å². The molecule has 1 rings (SSSR count). The predicted molar refractivity (Wildman–Crippen MR) is 84.1 cm³/mol. The maximum atomic E-state index is 11.3. The van der Waals surface area contributed by atoms with Crippen molar-refractivity contribution in [1.29, 1.82) is 0 Å². The van der Waals surface area contributed by atoms with Gasteiger partial charge in [-0.25, -0.2) is 8.42 Å². The van der Waals surface area contributed by atoms with Crippen molar-refractivity contribution in [2.24, 2.45) is 0 Å². The molecular formula is C12H21ClO3S2Si. The van der Waals surface area contributed by atoms with Gasteiger partial charge in [0.2, 0.25) is 0 Å². The molecular weight excluding hydrogens is 320 g/mol. The molecule has 0 aromatic carbocycles. The first-order chi connectivity index (χ1) is 8.63. The predicted octanol–water partition coefficient (Wildman–Crippen LogP) is 4.76. The Balaban J connectivity index is 2.94. The molecule has 0 amide bonds. The van der Waals surface area contributed by atoms with E-state index in [2.05, 4.69) is 26.6 Å². The molecule has 1 unspecified atom stereocenters. The number of hydrogen-bond acceptors (Lipinski definition) is 4. The van der Waals surface area contributed by atoms with Gasteiger partial charge in [-0.1, -0.05) is 19.8 Å². The Morgan fingerprint density at radius 1 is 1.42 bits per heavy atom. The third-order valence-corrected chi connectivity index (χ3v) is 6.01. The van der Waals surface area contributed by atoms with Crippen molar-refractivity contribution < 1.29 is 12.8 Å². The normalized spacial score (nSPS) is 14.6. The number of thiophene rings is 1. The van der Waals surface area contributed by atoms with E-state index in [4.69, 9.17) is 15.1 Å². The zero-order chi connectivity index (χ0) is 14.7. The summed E-state index contributed by atoms with van der Waals surface area (Å²) in [5.74, 6) is 0. The van der Waals surface area contributed by atoms with Crippen LogP contribution in [-0.4, -0.2) is 16.7 Å². The highest BCUT2D eigenvalue weighted by Gasteiger charge is 2.24. The lowest BCUT2D eigenvalue weighted by molar-refractivity contribution is 0.187. The van der Waals surface area contributed by atoms with E-state index in [0.717, 1.165) is 24.1 Å². The SMILES string of the molecule is CCCCC(O[Si](C)(C)C)c1cc(S(=O)(=O)Cl)cs1. The lowest BCUT2D eigenvalue weighted by Crippen LogP contribution is -2.27. The molecule has 0 fully saturated rings. The van der Waals surface area contributed by atoms with E-state index in [0.29, 0.717) is 0 Å². The molecule has 0 saturated carbocycles. The van der Waals surface area contributed by atoms with Crippen LogP contribution in [0.15, 0.2) is 16.3 Å². The summed E-state index contributed by atoms with van der Waals surface area (Å²) in [6, 6.07) is 1.65. The lowest BCUT2D eigenvalue weighted by atomic mass is 10.1. The molecule has 0 aliphatic heterocycles. The van der Waals surface area contributed by atoms with Crippen LogP contribution in [0.2, 0.25) is 19.6 Å². The number of rotatable bonds is 7. The second-order valence-electron chi connectivity index (χ2n) is 5.48. The number of halogens is 1. The van der Waals surface area contributed by atoms with E-state index < -0.39 is 17.4 Å². The topological polar surface area (TPSA) is 43.4 Å². The first kappa shape index (κ1) is 17.2. The van der Waals surface area contributed by atoms with Crippen molar-refractivity contribution in [3.8, 4) is 0 Å². The van der Waals surface area contributed by atoms with Crippen LogP contribution in [0.1, 0.15) is 37.2 Å². The van der Waals surface area contributed by atoms with Crippen LogP contribution in [0.25, 0.3) is 0 Å². The van der Waals surface area contributed by atoms with Crippen molar-refractivity contribution in [3.63, 3.8) is 0 Å². The van der Waals surface area contributed by atoms with E-state index in [1.54, 1.807) is 11.4 Å². The zero-order valence-electron chi connectivity index (χ0n) is 11.8. The quantitative estimate of drug-likeness (QED) is 0.531. The molecule has 7 heteroatoms. The summed E-state index contributed by atoms with van der Waals surface area (Å²) < 4.78 is 28.8. The van der Waals surface area contributed by atoms with Gasteiger partial charge in [0.1, 0.15) is 0 Å². The second kappa shape index (κ2) is 6.71. The highest BCUT2D eigenvalue weighted by Crippen LogP contribution is 2.33. The molecule has 3 nitrogen and oxygen atoms in total. The minimum Gasteiger partial charge on any atom is -0.410 e. The van der Waals surface area contributed by atoms with Gasteiger partial charge in [-0.15, -0.1) is 11.3 Å². The summed E-state index contributed by atoms with van der Waals surface area (Å²) in [5.41, 5.74) is 0. The van der Waals surface area contributed by atoms with Crippen LogP contribution in [0.3, 0.4) is 0 Å². The van der Waals surface area contributed by atoms with Crippen LogP contribution in [0.5, 0.6) is 0 Å². The molecule has 0 spiro atoms. The van der Waals surface area contributed by atoms with E-state index in [-0.39, 0.29) is 11.0 Å². The summed E-state index contributed by atoms with van der Waals surface area (Å²) in [5, 5.41) is 1.59. The third-order valence-electron chi connectivity index (χ3n) is 2.51. The highest BCUT2D eigenvalue weighted by atomic mass is 35.7. The van der Waals surface area contributed by atoms with Gasteiger partial charge < -0.3 is 4.43 Å². The first-order valence-corrected chi connectivity index (χ1v) is 12.9. The first-order valence-electron chi connectivity index (χ1n) is 6.34. The zero-order valence-corrected chi connectivity index (χ0v) is 15.2. The molecule has 0 bridgehead atoms. The van der Waals surface area contributed by atoms with Gasteiger partial charge in [0.25, 0.3) is 9.05 Å². The molecule has 0 saturated heterocycles. The fourth-order valence-electron chi connectivity index (χ4n) is 1.71. The van der Waals surface area contributed by atoms with Gasteiger partial charge in [-0.3, -0.25) is 0 Å². The van der Waals surface area contributed by atoms with Crippen LogP contribution < -0.4 is 0 Å². The Hall–Kier alpha value is 0.117. The Kier molecular flexibility index (Phi) is 6.07. The summed E-state index contributed by atoms with van der Waals surface area (Å²) in [7, 11) is 0.0540. The van der Waals surface area contributed by atoms with Gasteiger partial charge in [0.15, 0.2) is 8.32 Å². The van der Waals surface area contributed by atoms with Crippen molar-refractivity contribution in [3.05, 3.63) is 16.3 Å². The molecule has 0 radical (unpaired) electrons. The molecule has 0 aliphatic rings. The number of hydrogen-bond donors (Lipinski definition) is 0. The van der Waals surface area contributed by atoms with Crippen molar-refractivity contribution >= 4 is 39.4 Å². The average molecular weight is 341 g/mol. The summed E-state index contributed by atoms with van der Waals surface area (Å²) >= 11 is 1.41. The van der Waals surface area contributed by atoms with Crippen molar-refractivity contribution in [2.75, 3.05) is 0 Å². The monoisotopic (exact) mass is 340 g/mol. The van der Waals surface area contributed by atoms with Crippen LogP contribution >= 0.6 is 22.0 Å². The molecule has 0 aliphatic carbocycles. The number of unbranched alkanes of at least 4 members (excludes halogenated alkanes) is 1. The summed E-state index contributed by atoms with van der Waals surface area (Å²) in [6.07, 6.45) is 3.07. The van der Waals surface area contributed by atoms with E-state index in [9.17, 15) is 8.42 Å². The summed E-state index contributed by atoms with van der Waals surface area (Å²) in [4.78, 5) is 1.13. The largest absolute Gasteiger partial charge is 0.410 e. The highest BCUT2D eigenvalue weighted by molar-refractivity contribution is 8.13. The van der Waals surface area contributed by atoms with Crippen LogP contribution in [0, 0.1) is 0 Å². The molecule has 19 heavy (non-hydrogen) atoms. The van der Waals surface area contributed by atoms with E-state index in [1.807, 2.05) is 0 Å². The molecule has 1 heterocycles. The Morgan fingerprint density at radius 3 is 2.47 bits per heavy atom. The maximum Gasteiger partial charge on any atom is 0.262 e. The smallest absolute Gasteiger partial charge is 0.262 e. The maximum absolute atomic E-state index is 11.3. The fourth-order valence-corrected chi connectivity index (χ4v) is 5.13. The standard InChI is InChI=1S/C12H21ClO3S2Si/c1-5-6-7-11(16-19(2,3)4)12-8-10(9-17-12)18(13,14)15/h8-9,11H,5-7H2,1-4H3. The lowest BCUT2D eigenvalue weighted by Gasteiger charge is -2.25. The minimum atomic E-state index is -3.64. The van der Waals surface area contributed by atoms with Gasteiger partial charge in [-0.2, -0.15) is 0 Å². The van der Waals surface area contributed by atoms with Crippen molar-refractivity contribution in [1.82, 2.24) is 0 Å². The van der Waals surface area contributed by atoms with E-state index >= 15 is 0 Å². The molecule has 1 aromatic heterocycles. The Morgan fingerprint density at radius 2 is 2.05 bits per heavy atom. The Bertz CT molecular complexity index is 505. The van der Waals surface area contributed by atoms with Gasteiger partial charge in [0.05, 0.1) is 11.0 Å². The minimum absolute atomic E-state index is 0.0104. The van der Waals surface area contributed by atoms with E-state index in [1.165, 1.54) is 11.3 Å². The van der Waals surface area contributed by atoms with Crippen molar-refractivity contribution in [2.45, 2.75) is 56.8 Å². The molecule has 1 aromatic rings. The molecule has 110 valence electrons. The Labute approximate surface area is 125 Å². The average Bonchev–Trinajstić information content (AvgIpc) is 2.71. The fraction of sp³-hybridized carbons (Fsp3) is 0.667. The van der Waals surface area contributed by atoms with Gasteiger partial charge >= 0.3 is 0 Å². The van der Waals surface area contributed by atoms with Gasteiger partial charge in [0, 0.05) is 20.9 Å². The molecule has 0 N–H and O–H groups in total.